The van der Waals surface area contributed by atoms with Crippen LogP contribution in [-0.2, 0) is 6.54 Å². The van der Waals surface area contributed by atoms with Crippen LogP contribution in [0.3, 0.4) is 0 Å². The molecule has 0 aliphatic rings. The Bertz CT molecular complexity index is 271. The van der Waals surface area contributed by atoms with Crippen molar-refractivity contribution in [2.45, 2.75) is 26.4 Å². The Balaban J connectivity index is 2.64. The molecule has 2 heteroatoms. The fourth-order valence-electron chi connectivity index (χ4n) is 1.11. The van der Waals surface area contributed by atoms with Crippen LogP contribution in [0, 0.1) is 5.82 Å². The number of benzene rings is 1. The van der Waals surface area contributed by atoms with E-state index >= 15 is 0 Å². The Labute approximate surface area is 79.2 Å². The molecule has 0 bridgehead atoms. The minimum atomic E-state index is -0.158. The first-order chi connectivity index (χ1) is 6.09. The van der Waals surface area contributed by atoms with Crippen molar-refractivity contribution in [3.05, 3.63) is 35.6 Å². The highest BCUT2D eigenvalue weighted by Gasteiger charge is 2.04. The molecule has 13 heavy (non-hydrogen) atoms. The predicted molar refractivity (Wildman–Crippen MR) is 53.0 cm³/mol. The van der Waals surface area contributed by atoms with Gasteiger partial charge < -0.3 is 0 Å². The molecule has 0 aliphatic carbocycles. The molecule has 0 unspecified atom stereocenters. The van der Waals surface area contributed by atoms with Crippen molar-refractivity contribution in [2.24, 2.45) is 0 Å². The third-order valence-electron chi connectivity index (χ3n) is 2.20. The van der Waals surface area contributed by atoms with Gasteiger partial charge >= 0.3 is 0 Å². The number of halogens is 1. The quantitative estimate of drug-likeness (QED) is 0.693. The molecule has 1 aromatic carbocycles. The topological polar surface area (TPSA) is 3.24 Å². The molecule has 0 radical (unpaired) electrons. The molecular formula is C11H16FN. The van der Waals surface area contributed by atoms with Gasteiger partial charge in [0.05, 0.1) is 0 Å². The minimum absolute atomic E-state index is 0.158. The molecule has 1 aromatic rings. The van der Waals surface area contributed by atoms with Crippen LogP contribution >= 0.6 is 0 Å². The van der Waals surface area contributed by atoms with Gasteiger partial charge in [-0.3, -0.25) is 4.90 Å². The van der Waals surface area contributed by atoms with Crippen LogP contribution in [0.4, 0.5) is 4.39 Å². The van der Waals surface area contributed by atoms with Crippen LogP contribution in [0.15, 0.2) is 24.3 Å². The Morgan fingerprint density at radius 1 is 1.38 bits per heavy atom. The van der Waals surface area contributed by atoms with Crippen LogP contribution in [0.1, 0.15) is 19.4 Å². The van der Waals surface area contributed by atoms with Gasteiger partial charge in [0.1, 0.15) is 5.82 Å². The monoisotopic (exact) mass is 181 g/mol. The maximum Gasteiger partial charge on any atom is 0.123 e. The Morgan fingerprint density at radius 3 is 2.62 bits per heavy atom. The lowest BCUT2D eigenvalue weighted by atomic mass is 10.2. The van der Waals surface area contributed by atoms with E-state index in [1.165, 1.54) is 6.07 Å². The molecule has 0 amide bonds. The first kappa shape index (κ1) is 10.2. The normalized spacial score (nSPS) is 11.2. The SMILES string of the molecule is CC(C)N(C)Cc1cccc(F)c1. The molecule has 0 atom stereocenters. The first-order valence-electron chi connectivity index (χ1n) is 4.54. The fraction of sp³-hybridized carbons (Fsp3) is 0.455. The third-order valence-corrected chi connectivity index (χ3v) is 2.20. The van der Waals surface area contributed by atoms with Crippen molar-refractivity contribution < 1.29 is 4.39 Å². The highest BCUT2D eigenvalue weighted by atomic mass is 19.1. The van der Waals surface area contributed by atoms with Crippen LogP contribution in [0.2, 0.25) is 0 Å². The largest absolute Gasteiger partial charge is 0.300 e. The summed E-state index contributed by atoms with van der Waals surface area (Å²) in [6.07, 6.45) is 0. The van der Waals surface area contributed by atoms with Crippen LogP contribution in [0.5, 0.6) is 0 Å². The lowest BCUT2D eigenvalue weighted by Crippen LogP contribution is -2.25. The number of hydrogen-bond donors (Lipinski definition) is 0. The zero-order valence-corrected chi connectivity index (χ0v) is 8.42. The molecule has 0 saturated carbocycles. The first-order valence-corrected chi connectivity index (χ1v) is 4.54. The van der Waals surface area contributed by atoms with Crippen molar-refractivity contribution >= 4 is 0 Å². The Kier molecular flexibility index (Phi) is 3.43. The second kappa shape index (κ2) is 4.38. The van der Waals surface area contributed by atoms with E-state index in [2.05, 4.69) is 18.7 Å². The van der Waals surface area contributed by atoms with Gasteiger partial charge in [0.25, 0.3) is 0 Å². The Hall–Kier alpha value is -0.890. The molecule has 1 rings (SSSR count). The standard InChI is InChI=1S/C11H16FN/c1-9(2)13(3)8-10-5-4-6-11(12)7-10/h4-7,9H,8H2,1-3H3. The molecular weight excluding hydrogens is 165 g/mol. The van der Waals surface area contributed by atoms with E-state index < -0.39 is 0 Å². The van der Waals surface area contributed by atoms with E-state index in [1.807, 2.05) is 13.1 Å². The summed E-state index contributed by atoms with van der Waals surface area (Å²) in [5.74, 6) is -0.158. The Morgan fingerprint density at radius 2 is 2.08 bits per heavy atom. The van der Waals surface area contributed by atoms with Gasteiger partial charge in [0, 0.05) is 12.6 Å². The summed E-state index contributed by atoms with van der Waals surface area (Å²) in [5, 5.41) is 0. The van der Waals surface area contributed by atoms with Crippen molar-refractivity contribution in [1.29, 1.82) is 0 Å². The highest BCUT2D eigenvalue weighted by molar-refractivity contribution is 5.16. The van der Waals surface area contributed by atoms with E-state index in [0.717, 1.165) is 12.1 Å². The van der Waals surface area contributed by atoms with Gasteiger partial charge in [0.15, 0.2) is 0 Å². The molecule has 0 aliphatic heterocycles. The predicted octanol–water partition coefficient (Wildman–Crippen LogP) is 2.67. The zero-order chi connectivity index (χ0) is 9.84. The highest BCUT2D eigenvalue weighted by Crippen LogP contribution is 2.07. The summed E-state index contributed by atoms with van der Waals surface area (Å²) < 4.78 is 12.8. The second-order valence-electron chi connectivity index (χ2n) is 3.64. The molecule has 0 saturated heterocycles. The van der Waals surface area contributed by atoms with Gasteiger partial charge in [-0.25, -0.2) is 4.39 Å². The number of nitrogens with zero attached hydrogens (tertiary/aromatic N) is 1. The summed E-state index contributed by atoms with van der Waals surface area (Å²) in [4.78, 5) is 2.18. The second-order valence-corrected chi connectivity index (χ2v) is 3.64. The van der Waals surface area contributed by atoms with E-state index in [9.17, 15) is 4.39 Å². The molecule has 1 nitrogen and oxygen atoms in total. The van der Waals surface area contributed by atoms with Gasteiger partial charge in [-0.15, -0.1) is 0 Å². The van der Waals surface area contributed by atoms with Crippen molar-refractivity contribution in [3.8, 4) is 0 Å². The van der Waals surface area contributed by atoms with Crippen LogP contribution < -0.4 is 0 Å². The summed E-state index contributed by atoms with van der Waals surface area (Å²) >= 11 is 0. The molecule has 0 heterocycles. The summed E-state index contributed by atoms with van der Waals surface area (Å²) in [6.45, 7) is 5.05. The van der Waals surface area contributed by atoms with Crippen LogP contribution in [-0.4, -0.2) is 18.0 Å². The molecule has 0 fully saturated rings. The maximum absolute atomic E-state index is 12.8. The van der Waals surface area contributed by atoms with E-state index in [-0.39, 0.29) is 5.82 Å². The van der Waals surface area contributed by atoms with Crippen molar-refractivity contribution in [3.63, 3.8) is 0 Å². The minimum Gasteiger partial charge on any atom is -0.300 e. The smallest absolute Gasteiger partial charge is 0.123 e. The molecule has 0 aromatic heterocycles. The summed E-state index contributed by atoms with van der Waals surface area (Å²) in [5.41, 5.74) is 1.02. The van der Waals surface area contributed by atoms with Gasteiger partial charge in [0.2, 0.25) is 0 Å². The number of hydrogen-bond acceptors (Lipinski definition) is 1. The lowest BCUT2D eigenvalue weighted by molar-refractivity contribution is 0.265. The lowest BCUT2D eigenvalue weighted by Gasteiger charge is -2.20. The van der Waals surface area contributed by atoms with Gasteiger partial charge in [-0.1, -0.05) is 12.1 Å². The van der Waals surface area contributed by atoms with Crippen molar-refractivity contribution in [1.82, 2.24) is 4.90 Å². The van der Waals surface area contributed by atoms with E-state index in [1.54, 1.807) is 12.1 Å². The molecule has 0 spiro atoms. The number of rotatable bonds is 3. The van der Waals surface area contributed by atoms with Gasteiger partial charge in [-0.2, -0.15) is 0 Å². The fourth-order valence-corrected chi connectivity index (χ4v) is 1.11. The van der Waals surface area contributed by atoms with E-state index in [4.69, 9.17) is 0 Å². The average Bonchev–Trinajstić information content (AvgIpc) is 2.04. The molecule has 0 N–H and O–H groups in total. The molecule has 72 valence electrons. The summed E-state index contributed by atoms with van der Waals surface area (Å²) in [6, 6.07) is 7.24. The third kappa shape index (κ3) is 3.15. The van der Waals surface area contributed by atoms with E-state index in [0.29, 0.717) is 6.04 Å². The van der Waals surface area contributed by atoms with Gasteiger partial charge in [-0.05, 0) is 38.6 Å². The van der Waals surface area contributed by atoms with Crippen molar-refractivity contribution in [2.75, 3.05) is 7.05 Å². The summed E-state index contributed by atoms with van der Waals surface area (Å²) in [7, 11) is 2.04. The maximum atomic E-state index is 12.8. The van der Waals surface area contributed by atoms with Crippen LogP contribution in [0.25, 0.3) is 0 Å². The average molecular weight is 181 g/mol. The zero-order valence-electron chi connectivity index (χ0n) is 8.42.